The van der Waals surface area contributed by atoms with Crippen LogP contribution in [0.3, 0.4) is 0 Å². The molecule has 0 fully saturated rings. The minimum atomic E-state index is -0.696. The molecule has 1 amide bonds. The van der Waals surface area contributed by atoms with E-state index in [2.05, 4.69) is 15.4 Å². The van der Waals surface area contributed by atoms with Crippen LogP contribution in [-0.4, -0.2) is 31.7 Å². The highest BCUT2D eigenvalue weighted by molar-refractivity contribution is 5.94. The van der Waals surface area contributed by atoms with Gasteiger partial charge < -0.3 is 15.4 Å². The van der Waals surface area contributed by atoms with Gasteiger partial charge in [-0.25, -0.2) is 4.52 Å². The number of aromatic nitrogens is 3. The third-order valence-electron chi connectivity index (χ3n) is 6.01. The minimum Gasteiger partial charge on any atom is -0.390 e. The van der Waals surface area contributed by atoms with Crippen molar-refractivity contribution in [3.63, 3.8) is 0 Å². The van der Waals surface area contributed by atoms with Gasteiger partial charge in [0.1, 0.15) is 5.52 Å². The predicted octanol–water partition coefficient (Wildman–Crippen LogP) is 2.69. The minimum absolute atomic E-state index is 0.124. The highest BCUT2D eigenvalue weighted by Crippen LogP contribution is 2.31. The number of aryl methyl sites for hydroxylation is 2. The van der Waals surface area contributed by atoms with Gasteiger partial charge in [-0.05, 0) is 47.7 Å². The Hall–Kier alpha value is -3.71. The number of carbonyl (C=O) groups excluding carboxylic acids is 1. The monoisotopic (exact) mass is 414 g/mol. The van der Waals surface area contributed by atoms with Gasteiger partial charge in [-0.2, -0.15) is 5.10 Å². The molecule has 2 atom stereocenters. The van der Waals surface area contributed by atoms with Gasteiger partial charge in [-0.1, -0.05) is 36.4 Å². The van der Waals surface area contributed by atoms with Gasteiger partial charge in [0.25, 0.3) is 11.5 Å². The molecule has 7 heteroatoms. The highest BCUT2D eigenvalue weighted by Gasteiger charge is 2.32. The standard InChI is InChI=1S/C24H22N4O3/c1-13-7-8-16(9-14(13)2)19-12-28-20(24(31)25-19)11-18(27-28)23(30)26-22-17-6-4-3-5-15(17)10-21(22)29/h3-9,11-12,21-22,29H,10H2,1-2H3,(H,25,31)(H,26,30)/t21-,22-/m0/s1. The molecular weight excluding hydrogens is 392 g/mol. The number of hydrogen-bond acceptors (Lipinski definition) is 4. The molecule has 7 nitrogen and oxygen atoms in total. The number of nitrogens with one attached hydrogen (secondary N) is 2. The zero-order valence-corrected chi connectivity index (χ0v) is 17.2. The molecule has 0 bridgehead atoms. The number of aliphatic hydroxyl groups is 1. The van der Waals surface area contributed by atoms with E-state index in [1.54, 1.807) is 6.20 Å². The Labute approximate surface area is 178 Å². The summed E-state index contributed by atoms with van der Waals surface area (Å²) < 4.78 is 1.43. The van der Waals surface area contributed by atoms with Crippen molar-refractivity contribution < 1.29 is 9.90 Å². The molecule has 31 heavy (non-hydrogen) atoms. The average Bonchev–Trinajstić information content (AvgIpc) is 3.32. The fourth-order valence-corrected chi connectivity index (χ4v) is 4.13. The SMILES string of the molecule is Cc1ccc(-c2cn3nc(C(=O)N[C@H]4c5ccccc5C[C@@H]4O)cc3c(=O)[nH]2)cc1C. The first kappa shape index (κ1) is 19.3. The molecule has 2 aromatic heterocycles. The van der Waals surface area contributed by atoms with Crippen LogP contribution in [-0.2, 0) is 6.42 Å². The Morgan fingerprint density at radius 3 is 2.77 bits per heavy atom. The van der Waals surface area contributed by atoms with Crippen LogP contribution in [0.15, 0.2) is 59.5 Å². The van der Waals surface area contributed by atoms with E-state index in [0.29, 0.717) is 12.1 Å². The summed E-state index contributed by atoms with van der Waals surface area (Å²) in [4.78, 5) is 28.4. The fraction of sp³-hybridized carbons (Fsp3) is 0.208. The number of rotatable bonds is 3. The van der Waals surface area contributed by atoms with Crippen molar-refractivity contribution in [1.29, 1.82) is 0 Å². The van der Waals surface area contributed by atoms with E-state index in [4.69, 9.17) is 0 Å². The van der Waals surface area contributed by atoms with Crippen molar-refractivity contribution in [1.82, 2.24) is 19.9 Å². The molecule has 0 aliphatic heterocycles. The van der Waals surface area contributed by atoms with Gasteiger partial charge in [0, 0.05) is 12.5 Å². The quantitative estimate of drug-likeness (QED) is 0.480. The highest BCUT2D eigenvalue weighted by atomic mass is 16.3. The van der Waals surface area contributed by atoms with Gasteiger partial charge in [0.15, 0.2) is 5.69 Å². The van der Waals surface area contributed by atoms with E-state index >= 15 is 0 Å². The van der Waals surface area contributed by atoms with Crippen molar-refractivity contribution in [3.8, 4) is 11.3 Å². The number of nitrogens with zero attached hydrogens (tertiary/aromatic N) is 2. The number of amides is 1. The number of carbonyl (C=O) groups is 1. The van der Waals surface area contributed by atoms with Crippen LogP contribution >= 0.6 is 0 Å². The lowest BCUT2D eigenvalue weighted by molar-refractivity contribution is 0.0853. The number of hydrogen-bond donors (Lipinski definition) is 3. The molecule has 0 radical (unpaired) electrons. The summed E-state index contributed by atoms with van der Waals surface area (Å²) >= 11 is 0. The topological polar surface area (TPSA) is 99.5 Å². The molecule has 0 saturated carbocycles. The largest absolute Gasteiger partial charge is 0.390 e. The summed E-state index contributed by atoms with van der Waals surface area (Å²) in [5.74, 6) is -0.434. The molecule has 1 aliphatic rings. The van der Waals surface area contributed by atoms with Crippen molar-refractivity contribution >= 4 is 11.4 Å². The number of H-pyrrole nitrogens is 1. The molecule has 0 saturated heterocycles. The number of aromatic amines is 1. The first-order valence-corrected chi connectivity index (χ1v) is 10.2. The summed E-state index contributed by atoms with van der Waals surface area (Å²) in [6.45, 7) is 4.05. The molecule has 156 valence electrons. The number of fused-ring (bicyclic) bond motifs is 2. The van der Waals surface area contributed by atoms with Crippen LogP contribution in [0, 0.1) is 13.8 Å². The summed E-state index contributed by atoms with van der Waals surface area (Å²) in [5, 5.41) is 17.6. The lowest BCUT2D eigenvalue weighted by atomic mass is 10.0. The molecule has 2 aromatic carbocycles. The maximum atomic E-state index is 12.9. The molecule has 0 unspecified atom stereocenters. The Bertz CT molecular complexity index is 1390. The van der Waals surface area contributed by atoms with E-state index in [9.17, 15) is 14.7 Å². The first-order chi connectivity index (χ1) is 14.9. The third-order valence-corrected chi connectivity index (χ3v) is 6.01. The number of benzene rings is 2. The first-order valence-electron chi connectivity index (χ1n) is 10.2. The Morgan fingerprint density at radius 2 is 1.97 bits per heavy atom. The molecule has 5 rings (SSSR count). The van der Waals surface area contributed by atoms with Crippen LogP contribution in [0.25, 0.3) is 16.8 Å². The Balaban J connectivity index is 1.47. The summed E-state index contributed by atoms with van der Waals surface area (Å²) in [6, 6.07) is 14.6. The summed E-state index contributed by atoms with van der Waals surface area (Å²) in [7, 11) is 0. The maximum absolute atomic E-state index is 12.9. The van der Waals surface area contributed by atoms with E-state index in [0.717, 1.165) is 22.3 Å². The zero-order valence-electron chi connectivity index (χ0n) is 17.2. The lowest BCUT2D eigenvalue weighted by Gasteiger charge is -2.17. The van der Waals surface area contributed by atoms with Gasteiger partial charge in [-0.3, -0.25) is 9.59 Å². The molecule has 0 spiro atoms. The predicted molar refractivity (Wildman–Crippen MR) is 117 cm³/mol. The molecule has 3 N–H and O–H groups in total. The smallest absolute Gasteiger partial charge is 0.274 e. The van der Waals surface area contributed by atoms with Crippen LogP contribution in [0.4, 0.5) is 0 Å². The summed E-state index contributed by atoms with van der Waals surface area (Å²) in [5.41, 5.74) is 5.78. The molecule has 4 aromatic rings. The zero-order chi connectivity index (χ0) is 21.7. The molecule has 1 aliphatic carbocycles. The molecular formula is C24H22N4O3. The van der Waals surface area contributed by atoms with Gasteiger partial charge in [0.2, 0.25) is 0 Å². The van der Waals surface area contributed by atoms with Crippen LogP contribution < -0.4 is 10.9 Å². The van der Waals surface area contributed by atoms with E-state index < -0.39 is 18.1 Å². The second-order valence-electron chi connectivity index (χ2n) is 8.08. The van der Waals surface area contributed by atoms with Crippen molar-refractivity contribution in [2.75, 3.05) is 0 Å². The van der Waals surface area contributed by atoms with Crippen molar-refractivity contribution in [2.24, 2.45) is 0 Å². The van der Waals surface area contributed by atoms with Gasteiger partial charge in [-0.15, -0.1) is 0 Å². The van der Waals surface area contributed by atoms with Crippen LogP contribution in [0.2, 0.25) is 0 Å². The van der Waals surface area contributed by atoms with E-state index in [1.165, 1.54) is 16.1 Å². The van der Waals surface area contributed by atoms with E-state index in [1.807, 2.05) is 56.3 Å². The number of aliphatic hydroxyl groups excluding tert-OH is 1. The van der Waals surface area contributed by atoms with Gasteiger partial charge in [0.05, 0.1) is 24.0 Å². The Kier molecular flexibility index (Phi) is 4.48. The van der Waals surface area contributed by atoms with Gasteiger partial charge >= 0.3 is 0 Å². The van der Waals surface area contributed by atoms with Crippen molar-refractivity contribution in [2.45, 2.75) is 32.4 Å². The van der Waals surface area contributed by atoms with Crippen LogP contribution in [0.5, 0.6) is 0 Å². The average molecular weight is 414 g/mol. The second-order valence-corrected chi connectivity index (χ2v) is 8.08. The normalized spacial score (nSPS) is 17.6. The third kappa shape index (κ3) is 3.33. The summed E-state index contributed by atoms with van der Waals surface area (Å²) in [6.07, 6.45) is 1.50. The van der Waals surface area contributed by atoms with Crippen molar-refractivity contribution in [3.05, 3.63) is 93.0 Å². The van der Waals surface area contributed by atoms with E-state index in [-0.39, 0.29) is 16.8 Å². The maximum Gasteiger partial charge on any atom is 0.274 e. The lowest BCUT2D eigenvalue weighted by Crippen LogP contribution is -2.34. The Morgan fingerprint density at radius 1 is 1.16 bits per heavy atom. The molecule has 2 heterocycles. The van der Waals surface area contributed by atoms with Crippen LogP contribution in [0.1, 0.15) is 38.8 Å². The fourth-order valence-electron chi connectivity index (χ4n) is 4.13. The second kappa shape index (κ2) is 7.21.